The van der Waals surface area contributed by atoms with E-state index in [-0.39, 0.29) is 18.0 Å². The third-order valence-electron chi connectivity index (χ3n) is 7.64. The molecule has 5 heteroatoms. The van der Waals surface area contributed by atoms with Crippen LogP contribution in [0.15, 0.2) is 40.9 Å². The highest BCUT2D eigenvalue weighted by Crippen LogP contribution is 2.45. The van der Waals surface area contributed by atoms with Gasteiger partial charge in [0.15, 0.2) is 0 Å². The van der Waals surface area contributed by atoms with E-state index in [4.69, 9.17) is 9.26 Å². The van der Waals surface area contributed by atoms with Crippen LogP contribution < -0.4 is 4.90 Å². The van der Waals surface area contributed by atoms with Gasteiger partial charge in [0.2, 0.25) is 0 Å². The van der Waals surface area contributed by atoms with Gasteiger partial charge in [-0.15, -0.1) is 0 Å². The van der Waals surface area contributed by atoms with Crippen LogP contribution in [-0.4, -0.2) is 23.8 Å². The average molecular weight is 551 g/mol. The second-order valence-electron chi connectivity index (χ2n) is 11.2. The molecule has 2 unspecified atom stereocenters. The van der Waals surface area contributed by atoms with Crippen LogP contribution in [0, 0.1) is 19.7 Å². The number of anilines is 1. The normalized spacial score (nSPS) is 18.5. The van der Waals surface area contributed by atoms with Crippen molar-refractivity contribution >= 4 is 5.69 Å². The van der Waals surface area contributed by atoms with Gasteiger partial charge in [-0.25, -0.2) is 4.39 Å². The summed E-state index contributed by atoms with van der Waals surface area (Å²) in [4.78, 5) is 2.20. The van der Waals surface area contributed by atoms with E-state index in [0.29, 0.717) is 18.2 Å². The Morgan fingerprint density at radius 3 is 2.27 bits per heavy atom. The Morgan fingerprint density at radius 1 is 1.02 bits per heavy atom. The first-order chi connectivity index (χ1) is 19.4. The smallest absolute Gasteiger partial charge is 0.146 e. The molecule has 1 aromatic heterocycles. The van der Waals surface area contributed by atoms with E-state index in [0.717, 1.165) is 73.2 Å². The van der Waals surface area contributed by atoms with Crippen LogP contribution in [0.5, 0.6) is 0 Å². The van der Waals surface area contributed by atoms with Gasteiger partial charge < -0.3 is 14.2 Å². The molecule has 1 aliphatic carbocycles. The molecule has 0 radical (unpaired) electrons. The monoisotopic (exact) mass is 550 g/mol. The number of benzene rings is 2. The molecule has 1 aliphatic heterocycles. The summed E-state index contributed by atoms with van der Waals surface area (Å²) in [5.74, 6) is 1.36. The number of halogens is 1. The zero-order chi connectivity index (χ0) is 29.2. The molecule has 2 aromatic carbocycles. The largest absolute Gasteiger partial charge is 0.373 e. The van der Waals surface area contributed by atoms with Gasteiger partial charge in [0.1, 0.15) is 17.3 Å². The fraction of sp³-hybridized carbons (Fsp3) is 0.571. The van der Waals surface area contributed by atoms with Crippen LogP contribution >= 0.6 is 0 Å². The van der Waals surface area contributed by atoms with Crippen molar-refractivity contribution in [2.45, 2.75) is 125 Å². The van der Waals surface area contributed by atoms with Gasteiger partial charge >= 0.3 is 0 Å². The maximum Gasteiger partial charge on any atom is 0.146 e. The van der Waals surface area contributed by atoms with Crippen molar-refractivity contribution < 1.29 is 13.7 Å². The van der Waals surface area contributed by atoms with Crippen molar-refractivity contribution in [1.82, 2.24) is 5.16 Å². The maximum absolute atomic E-state index is 14.9. The molecule has 5 rings (SSSR count). The lowest BCUT2D eigenvalue weighted by molar-refractivity contribution is 0.0174. The summed E-state index contributed by atoms with van der Waals surface area (Å²) in [5.41, 5.74) is 7.39. The lowest BCUT2D eigenvalue weighted by Gasteiger charge is -2.39. The van der Waals surface area contributed by atoms with Gasteiger partial charge in [-0.1, -0.05) is 76.9 Å². The second kappa shape index (κ2) is 15.4. The Hall–Kier alpha value is -2.66. The molecule has 1 saturated heterocycles. The van der Waals surface area contributed by atoms with Gasteiger partial charge in [-0.3, -0.25) is 0 Å². The van der Waals surface area contributed by atoms with Crippen LogP contribution in [-0.2, 0) is 17.8 Å². The molecule has 2 aliphatic rings. The molecule has 1 saturated carbocycles. The van der Waals surface area contributed by atoms with Crippen LogP contribution in [0.25, 0.3) is 11.3 Å². The first-order valence-electron chi connectivity index (χ1n) is 15.6. The number of piperidine rings is 1. The number of ether oxygens (including phenoxy) is 1. The molecule has 40 heavy (non-hydrogen) atoms. The molecule has 2 heterocycles. The van der Waals surface area contributed by atoms with Crippen molar-refractivity contribution in [2.24, 2.45) is 0 Å². The molecule has 2 fully saturated rings. The van der Waals surface area contributed by atoms with Gasteiger partial charge in [0, 0.05) is 29.6 Å². The highest BCUT2D eigenvalue weighted by molar-refractivity contribution is 5.70. The van der Waals surface area contributed by atoms with Gasteiger partial charge in [0.05, 0.1) is 18.4 Å². The van der Waals surface area contributed by atoms with Crippen molar-refractivity contribution in [3.8, 4) is 11.3 Å². The van der Waals surface area contributed by atoms with E-state index >= 15 is 0 Å². The predicted octanol–water partition coefficient (Wildman–Crippen LogP) is 9.94. The standard InChI is InChI=1S/C30H37FN2O2.C3H8.C2H6/c1-5-7-22-10-13-27(26(31)17-22)33-15-14-24(16-21(33)4)34-18-25-29(32-35-30(25)23-11-12-23)28-19(2)8-6-9-20(28)3;1-3-2;1-2/h6,8-10,13,17,21,23-24H,5,7,11-12,14-16,18H2,1-4H3;3H2,1-2H3;1-2H3. The molecule has 220 valence electrons. The van der Waals surface area contributed by atoms with Gasteiger partial charge in [0.25, 0.3) is 0 Å². The van der Waals surface area contributed by atoms with Crippen molar-refractivity contribution in [3.63, 3.8) is 0 Å². The Labute approximate surface area is 242 Å². The summed E-state index contributed by atoms with van der Waals surface area (Å²) in [6.07, 6.45) is 7.40. The first-order valence-corrected chi connectivity index (χ1v) is 15.6. The Balaban J connectivity index is 0.000000827. The fourth-order valence-corrected chi connectivity index (χ4v) is 5.58. The summed E-state index contributed by atoms with van der Waals surface area (Å²) in [6, 6.07) is 12.3. The minimum absolute atomic E-state index is 0.112. The number of aromatic nitrogens is 1. The Morgan fingerprint density at radius 2 is 1.70 bits per heavy atom. The minimum Gasteiger partial charge on any atom is -0.373 e. The van der Waals surface area contributed by atoms with E-state index in [2.05, 4.69) is 75.9 Å². The summed E-state index contributed by atoms with van der Waals surface area (Å²) < 4.78 is 27.3. The highest BCUT2D eigenvalue weighted by atomic mass is 19.1. The van der Waals surface area contributed by atoms with Crippen LogP contribution in [0.1, 0.15) is 114 Å². The molecule has 0 bridgehead atoms. The van der Waals surface area contributed by atoms with Crippen molar-refractivity contribution in [2.75, 3.05) is 11.4 Å². The Bertz CT molecular complexity index is 1180. The molecule has 0 amide bonds. The van der Waals surface area contributed by atoms with E-state index in [1.807, 2.05) is 19.9 Å². The number of rotatable bonds is 8. The Kier molecular flexibility index (Phi) is 12.2. The topological polar surface area (TPSA) is 38.5 Å². The third kappa shape index (κ3) is 7.75. The van der Waals surface area contributed by atoms with E-state index in [9.17, 15) is 4.39 Å². The van der Waals surface area contributed by atoms with E-state index < -0.39 is 0 Å². The van der Waals surface area contributed by atoms with E-state index in [1.165, 1.54) is 17.5 Å². The van der Waals surface area contributed by atoms with Crippen molar-refractivity contribution in [3.05, 3.63) is 70.2 Å². The zero-order valence-electron chi connectivity index (χ0n) is 26.1. The highest BCUT2D eigenvalue weighted by Gasteiger charge is 2.34. The number of hydrogen-bond donors (Lipinski definition) is 0. The lowest BCUT2D eigenvalue weighted by atomic mass is 9.96. The number of hydrogen-bond acceptors (Lipinski definition) is 4. The molecule has 4 nitrogen and oxygen atoms in total. The van der Waals surface area contributed by atoms with E-state index in [1.54, 1.807) is 6.07 Å². The molecule has 3 aromatic rings. The average Bonchev–Trinajstić information content (AvgIpc) is 3.70. The van der Waals surface area contributed by atoms with Crippen LogP contribution in [0.2, 0.25) is 0 Å². The summed E-state index contributed by atoms with van der Waals surface area (Å²) in [5, 5.41) is 4.52. The summed E-state index contributed by atoms with van der Waals surface area (Å²) in [7, 11) is 0. The molecule has 0 N–H and O–H groups in total. The van der Waals surface area contributed by atoms with Gasteiger partial charge in [-0.05, 0) is 81.7 Å². The molecular weight excluding hydrogens is 499 g/mol. The lowest BCUT2D eigenvalue weighted by Crippen LogP contribution is -2.44. The number of nitrogens with zero attached hydrogens (tertiary/aromatic N) is 2. The molecule has 0 spiro atoms. The van der Waals surface area contributed by atoms with Crippen molar-refractivity contribution in [1.29, 1.82) is 0 Å². The second-order valence-corrected chi connectivity index (χ2v) is 11.2. The number of aryl methyl sites for hydroxylation is 3. The summed E-state index contributed by atoms with van der Waals surface area (Å²) in [6.45, 7) is 18.1. The maximum atomic E-state index is 14.9. The molecule has 2 atom stereocenters. The first kappa shape index (κ1) is 31.9. The van der Waals surface area contributed by atoms with Gasteiger partial charge in [-0.2, -0.15) is 0 Å². The SMILES string of the molecule is CC.CCC.CCCc1ccc(N2CCC(OCc3c(-c4c(C)cccc4C)noc3C3CC3)CC2C)c(F)c1. The van der Waals surface area contributed by atoms with Crippen LogP contribution in [0.3, 0.4) is 0 Å². The zero-order valence-corrected chi connectivity index (χ0v) is 26.1. The summed E-state index contributed by atoms with van der Waals surface area (Å²) >= 11 is 0. The fourth-order valence-electron chi connectivity index (χ4n) is 5.58. The quantitative estimate of drug-likeness (QED) is 0.280. The minimum atomic E-state index is -0.112. The molecular formula is C35H51FN2O2. The van der Waals surface area contributed by atoms with Crippen LogP contribution in [0.4, 0.5) is 10.1 Å². The predicted molar refractivity (Wildman–Crippen MR) is 166 cm³/mol. The third-order valence-corrected chi connectivity index (χ3v) is 7.64.